The van der Waals surface area contributed by atoms with E-state index < -0.39 is 5.97 Å². The molecule has 0 spiro atoms. The first-order valence-electron chi connectivity index (χ1n) is 7.13. The van der Waals surface area contributed by atoms with Crippen molar-refractivity contribution in [1.29, 1.82) is 0 Å². The van der Waals surface area contributed by atoms with Gasteiger partial charge < -0.3 is 9.84 Å². The first kappa shape index (κ1) is 15.4. The maximum atomic E-state index is 10.6. The quantitative estimate of drug-likeness (QED) is 0.678. The Morgan fingerprint density at radius 1 is 1.44 bits per heavy atom. The van der Waals surface area contributed by atoms with Crippen LogP contribution in [0.4, 0.5) is 0 Å². The van der Waals surface area contributed by atoms with Gasteiger partial charge in [0.2, 0.25) is 0 Å². The molecule has 18 heavy (non-hydrogen) atoms. The lowest BCUT2D eigenvalue weighted by atomic mass is 9.98. The van der Waals surface area contributed by atoms with E-state index in [1.807, 2.05) is 0 Å². The van der Waals surface area contributed by atoms with Crippen molar-refractivity contribution in [3.05, 3.63) is 0 Å². The second kappa shape index (κ2) is 8.48. The summed E-state index contributed by atoms with van der Waals surface area (Å²) < 4.78 is 5.61. The van der Waals surface area contributed by atoms with Crippen LogP contribution in [0.1, 0.15) is 46.0 Å². The molecule has 1 fully saturated rings. The first-order chi connectivity index (χ1) is 8.59. The van der Waals surface area contributed by atoms with Gasteiger partial charge in [0.25, 0.3) is 0 Å². The number of carbonyl (C=O) groups is 1. The van der Waals surface area contributed by atoms with Crippen LogP contribution in [0.5, 0.6) is 0 Å². The molecule has 0 aromatic carbocycles. The molecule has 1 unspecified atom stereocenters. The standard InChI is InChI=1S/C14H27NO3/c1-12(2)11-18-10-9-15-8-4-3-5-13(15)6-7-14(16)17/h12-13H,3-11H2,1-2H3,(H,16,17). The molecule has 1 heterocycles. The Morgan fingerprint density at radius 3 is 2.89 bits per heavy atom. The fourth-order valence-corrected chi connectivity index (χ4v) is 2.47. The van der Waals surface area contributed by atoms with Crippen molar-refractivity contribution in [1.82, 2.24) is 4.90 Å². The molecule has 0 aromatic heterocycles. The van der Waals surface area contributed by atoms with Crippen LogP contribution in [0.2, 0.25) is 0 Å². The summed E-state index contributed by atoms with van der Waals surface area (Å²) in [6, 6.07) is 0.442. The van der Waals surface area contributed by atoms with Crippen molar-refractivity contribution in [2.45, 2.75) is 52.0 Å². The maximum absolute atomic E-state index is 10.6. The normalized spacial score (nSPS) is 21.4. The number of carboxylic acids is 1. The van der Waals surface area contributed by atoms with Crippen LogP contribution in [0, 0.1) is 5.92 Å². The van der Waals surface area contributed by atoms with Gasteiger partial charge in [0.15, 0.2) is 0 Å². The van der Waals surface area contributed by atoms with Crippen molar-refractivity contribution in [2.24, 2.45) is 5.92 Å². The van der Waals surface area contributed by atoms with Gasteiger partial charge in [-0.3, -0.25) is 9.69 Å². The Kier molecular flexibility index (Phi) is 7.28. The van der Waals surface area contributed by atoms with Crippen LogP contribution in [0.25, 0.3) is 0 Å². The largest absolute Gasteiger partial charge is 0.481 e. The number of nitrogens with zero attached hydrogens (tertiary/aromatic N) is 1. The van der Waals surface area contributed by atoms with Gasteiger partial charge in [-0.25, -0.2) is 0 Å². The Morgan fingerprint density at radius 2 is 2.22 bits per heavy atom. The molecule has 0 bridgehead atoms. The van der Waals surface area contributed by atoms with E-state index in [-0.39, 0.29) is 6.42 Å². The fourth-order valence-electron chi connectivity index (χ4n) is 2.47. The molecule has 1 atom stereocenters. The third-order valence-electron chi connectivity index (χ3n) is 3.41. The molecular formula is C14H27NO3. The van der Waals surface area contributed by atoms with Gasteiger partial charge in [0, 0.05) is 25.6 Å². The van der Waals surface area contributed by atoms with E-state index in [1.54, 1.807) is 0 Å². The zero-order chi connectivity index (χ0) is 13.4. The van der Waals surface area contributed by atoms with Crippen LogP contribution in [-0.2, 0) is 9.53 Å². The average molecular weight is 257 g/mol. The highest BCUT2D eigenvalue weighted by atomic mass is 16.5. The number of rotatable bonds is 8. The van der Waals surface area contributed by atoms with Crippen LogP contribution in [0.15, 0.2) is 0 Å². The minimum absolute atomic E-state index is 0.286. The predicted molar refractivity (Wildman–Crippen MR) is 71.7 cm³/mol. The number of hydrogen-bond acceptors (Lipinski definition) is 3. The number of aliphatic carboxylic acids is 1. The van der Waals surface area contributed by atoms with E-state index in [1.165, 1.54) is 12.8 Å². The van der Waals surface area contributed by atoms with Gasteiger partial charge in [-0.2, -0.15) is 0 Å². The zero-order valence-corrected chi connectivity index (χ0v) is 11.7. The van der Waals surface area contributed by atoms with Gasteiger partial charge in [0.1, 0.15) is 0 Å². The fraction of sp³-hybridized carbons (Fsp3) is 0.929. The zero-order valence-electron chi connectivity index (χ0n) is 11.7. The highest BCUT2D eigenvalue weighted by Gasteiger charge is 2.22. The summed E-state index contributed by atoms with van der Waals surface area (Å²) in [5.74, 6) is -0.106. The second-order valence-electron chi connectivity index (χ2n) is 5.59. The Balaban J connectivity index is 2.23. The van der Waals surface area contributed by atoms with E-state index in [0.717, 1.165) is 39.1 Å². The smallest absolute Gasteiger partial charge is 0.303 e. The maximum Gasteiger partial charge on any atom is 0.303 e. The van der Waals surface area contributed by atoms with E-state index in [2.05, 4.69) is 18.7 Å². The molecule has 1 aliphatic rings. The second-order valence-corrected chi connectivity index (χ2v) is 5.59. The van der Waals surface area contributed by atoms with Crippen molar-refractivity contribution in [3.8, 4) is 0 Å². The number of likely N-dealkylation sites (tertiary alicyclic amines) is 1. The lowest BCUT2D eigenvalue weighted by molar-refractivity contribution is -0.137. The van der Waals surface area contributed by atoms with Gasteiger partial charge in [-0.1, -0.05) is 20.3 Å². The van der Waals surface area contributed by atoms with Crippen LogP contribution >= 0.6 is 0 Å². The average Bonchev–Trinajstić information content (AvgIpc) is 2.33. The minimum Gasteiger partial charge on any atom is -0.481 e. The Hall–Kier alpha value is -0.610. The summed E-state index contributed by atoms with van der Waals surface area (Å²) in [5, 5.41) is 8.76. The van der Waals surface area contributed by atoms with E-state index in [0.29, 0.717) is 12.0 Å². The highest BCUT2D eigenvalue weighted by Crippen LogP contribution is 2.20. The molecule has 4 nitrogen and oxygen atoms in total. The molecule has 1 saturated heterocycles. The molecular weight excluding hydrogens is 230 g/mol. The molecule has 0 radical (unpaired) electrons. The summed E-state index contributed by atoms with van der Waals surface area (Å²) >= 11 is 0. The van der Waals surface area contributed by atoms with Gasteiger partial charge in [-0.15, -0.1) is 0 Å². The molecule has 106 valence electrons. The molecule has 1 aliphatic heterocycles. The lowest BCUT2D eigenvalue weighted by Crippen LogP contribution is -2.41. The SMILES string of the molecule is CC(C)COCCN1CCCCC1CCC(=O)O. The van der Waals surface area contributed by atoms with Crippen LogP contribution in [0.3, 0.4) is 0 Å². The first-order valence-corrected chi connectivity index (χ1v) is 7.13. The monoisotopic (exact) mass is 257 g/mol. The molecule has 0 aromatic rings. The molecule has 0 amide bonds. The van der Waals surface area contributed by atoms with Crippen molar-refractivity contribution in [3.63, 3.8) is 0 Å². The molecule has 1 rings (SSSR count). The lowest BCUT2D eigenvalue weighted by Gasteiger charge is -2.35. The summed E-state index contributed by atoms with van der Waals surface area (Å²) in [7, 11) is 0. The van der Waals surface area contributed by atoms with Crippen LogP contribution in [-0.4, -0.2) is 48.3 Å². The third-order valence-corrected chi connectivity index (χ3v) is 3.41. The Bertz CT molecular complexity index is 243. The minimum atomic E-state index is -0.684. The number of hydrogen-bond donors (Lipinski definition) is 1. The third kappa shape index (κ3) is 6.36. The summed E-state index contributed by atoms with van der Waals surface area (Å²) in [6.07, 6.45) is 4.66. The molecule has 4 heteroatoms. The van der Waals surface area contributed by atoms with E-state index in [4.69, 9.17) is 9.84 Å². The summed E-state index contributed by atoms with van der Waals surface area (Å²) in [4.78, 5) is 13.1. The number of ether oxygens (including phenoxy) is 1. The van der Waals surface area contributed by atoms with Crippen molar-refractivity contribution < 1.29 is 14.6 Å². The van der Waals surface area contributed by atoms with Crippen molar-refractivity contribution in [2.75, 3.05) is 26.3 Å². The van der Waals surface area contributed by atoms with Gasteiger partial charge in [0.05, 0.1) is 6.61 Å². The van der Waals surface area contributed by atoms with E-state index in [9.17, 15) is 4.79 Å². The molecule has 0 aliphatic carbocycles. The van der Waals surface area contributed by atoms with E-state index >= 15 is 0 Å². The topological polar surface area (TPSA) is 49.8 Å². The summed E-state index contributed by atoms with van der Waals surface area (Å²) in [5.41, 5.74) is 0. The molecule has 0 saturated carbocycles. The Labute approximate surface area is 110 Å². The highest BCUT2D eigenvalue weighted by molar-refractivity contribution is 5.66. The molecule has 1 N–H and O–H groups in total. The number of piperidine rings is 1. The van der Waals surface area contributed by atoms with Gasteiger partial charge in [-0.05, 0) is 31.7 Å². The van der Waals surface area contributed by atoms with Gasteiger partial charge >= 0.3 is 5.97 Å². The number of carboxylic acid groups (broad SMARTS) is 1. The summed E-state index contributed by atoms with van der Waals surface area (Å²) in [6.45, 7) is 7.91. The predicted octanol–water partition coefficient (Wildman–Crippen LogP) is 2.38. The van der Waals surface area contributed by atoms with Crippen LogP contribution < -0.4 is 0 Å². The van der Waals surface area contributed by atoms with Crippen molar-refractivity contribution >= 4 is 5.97 Å².